The lowest BCUT2D eigenvalue weighted by molar-refractivity contribution is 0.289. The SMILES string of the molecule is O=S(=O)(NC1CC1)c1ccc(-c2cnc3ccc(OCc4cccc(Cl)c4)nn23)cc1. The number of sulfonamides is 1. The van der Waals surface area contributed by atoms with Crippen molar-refractivity contribution in [3.8, 4) is 17.1 Å². The van der Waals surface area contributed by atoms with E-state index < -0.39 is 10.0 Å². The highest BCUT2D eigenvalue weighted by Crippen LogP contribution is 2.25. The summed E-state index contributed by atoms with van der Waals surface area (Å²) in [6.07, 6.45) is 3.49. The van der Waals surface area contributed by atoms with E-state index in [9.17, 15) is 8.42 Å². The van der Waals surface area contributed by atoms with Gasteiger partial charge in [-0.2, -0.15) is 0 Å². The van der Waals surface area contributed by atoms with E-state index in [0.29, 0.717) is 23.2 Å². The fraction of sp³-hybridized carbons (Fsp3) is 0.182. The third kappa shape index (κ3) is 4.41. The molecule has 0 saturated heterocycles. The van der Waals surface area contributed by atoms with Gasteiger partial charge in [0.15, 0.2) is 5.65 Å². The Morgan fingerprint density at radius 2 is 1.90 bits per heavy atom. The summed E-state index contributed by atoms with van der Waals surface area (Å²) >= 11 is 6.02. The van der Waals surface area contributed by atoms with Gasteiger partial charge in [0.05, 0.1) is 16.8 Å². The Labute approximate surface area is 184 Å². The zero-order valence-electron chi connectivity index (χ0n) is 16.4. The molecule has 0 atom stereocenters. The van der Waals surface area contributed by atoms with Crippen LogP contribution in [0.4, 0.5) is 0 Å². The van der Waals surface area contributed by atoms with E-state index in [0.717, 1.165) is 29.7 Å². The summed E-state index contributed by atoms with van der Waals surface area (Å²) in [5.41, 5.74) is 3.15. The number of nitrogens with zero attached hydrogens (tertiary/aromatic N) is 3. The van der Waals surface area contributed by atoms with Crippen molar-refractivity contribution in [1.29, 1.82) is 0 Å². The number of benzene rings is 2. The zero-order valence-corrected chi connectivity index (χ0v) is 18.0. The molecule has 4 aromatic rings. The average molecular weight is 455 g/mol. The summed E-state index contributed by atoms with van der Waals surface area (Å²) in [6.45, 7) is 0.337. The third-order valence-electron chi connectivity index (χ3n) is 4.97. The molecular formula is C22H19ClN4O3S. The van der Waals surface area contributed by atoms with E-state index >= 15 is 0 Å². The van der Waals surface area contributed by atoms with Crippen LogP contribution in [0.25, 0.3) is 16.9 Å². The largest absolute Gasteiger partial charge is 0.472 e. The predicted molar refractivity (Wildman–Crippen MR) is 118 cm³/mol. The van der Waals surface area contributed by atoms with Gasteiger partial charge in [0, 0.05) is 22.7 Å². The normalized spacial score (nSPS) is 14.1. The van der Waals surface area contributed by atoms with Gasteiger partial charge in [0.1, 0.15) is 6.61 Å². The first-order chi connectivity index (χ1) is 15.0. The molecule has 0 radical (unpaired) electrons. The number of fused-ring (bicyclic) bond motifs is 1. The Morgan fingerprint density at radius 1 is 1.10 bits per heavy atom. The van der Waals surface area contributed by atoms with E-state index in [1.165, 1.54) is 0 Å². The summed E-state index contributed by atoms with van der Waals surface area (Å²) in [6, 6.07) is 17.8. The van der Waals surface area contributed by atoms with Crippen molar-refractivity contribution in [2.45, 2.75) is 30.4 Å². The first-order valence-electron chi connectivity index (χ1n) is 9.83. The fourth-order valence-electron chi connectivity index (χ4n) is 3.21. The fourth-order valence-corrected chi connectivity index (χ4v) is 4.73. The first kappa shape index (κ1) is 20.0. The predicted octanol–water partition coefficient (Wildman–Crippen LogP) is 4.07. The molecule has 0 bridgehead atoms. The van der Waals surface area contributed by atoms with Crippen molar-refractivity contribution in [3.63, 3.8) is 0 Å². The number of aromatic nitrogens is 3. The molecule has 158 valence electrons. The second-order valence-electron chi connectivity index (χ2n) is 7.42. The Balaban J connectivity index is 1.39. The number of hydrogen-bond acceptors (Lipinski definition) is 5. The van der Waals surface area contributed by atoms with Gasteiger partial charge in [0.2, 0.25) is 15.9 Å². The number of nitrogens with one attached hydrogen (secondary N) is 1. The van der Waals surface area contributed by atoms with Gasteiger partial charge < -0.3 is 4.74 Å². The Bertz CT molecular complexity index is 1350. The van der Waals surface area contributed by atoms with Crippen molar-refractivity contribution in [2.75, 3.05) is 0 Å². The molecule has 5 rings (SSSR count). The maximum Gasteiger partial charge on any atom is 0.240 e. The van der Waals surface area contributed by atoms with Gasteiger partial charge in [0.25, 0.3) is 0 Å². The van der Waals surface area contributed by atoms with Crippen LogP contribution in [0.5, 0.6) is 5.88 Å². The minimum absolute atomic E-state index is 0.0676. The average Bonchev–Trinajstić information content (AvgIpc) is 3.47. The molecule has 1 aliphatic carbocycles. The van der Waals surface area contributed by atoms with Crippen molar-refractivity contribution in [1.82, 2.24) is 19.3 Å². The molecule has 2 heterocycles. The molecule has 0 aliphatic heterocycles. The number of rotatable bonds is 7. The minimum Gasteiger partial charge on any atom is -0.472 e. The summed E-state index contributed by atoms with van der Waals surface area (Å²) in [4.78, 5) is 4.63. The van der Waals surface area contributed by atoms with E-state index in [-0.39, 0.29) is 10.9 Å². The van der Waals surface area contributed by atoms with Crippen LogP contribution in [0.15, 0.2) is 71.8 Å². The summed E-state index contributed by atoms with van der Waals surface area (Å²) in [5, 5.41) is 5.19. The summed E-state index contributed by atoms with van der Waals surface area (Å²) in [7, 11) is -3.49. The van der Waals surface area contributed by atoms with Crippen LogP contribution in [0.3, 0.4) is 0 Å². The maximum atomic E-state index is 12.4. The molecule has 1 fully saturated rings. The molecule has 2 aromatic carbocycles. The van der Waals surface area contributed by atoms with Crippen molar-refractivity contribution in [3.05, 3.63) is 77.4 Å². The molecule has 1 saturated carbocycles. The van der Waals surface area contributed by atoms with Crippen LogP contribution in [-0.2, 0) is 16.6 Å². The molecule has 0 unspecified atom stereocenters. The van der Waals surface area contributed by atoms with Gasteiger partial charge in [-0.1, -0.05) is 35.9 Å². The second-order valence-corrected chi connectivity index (χ2v) is 9.57. The Hall–Kier alpha value is -2.94. The van der Waals surface area contributed by atoms with Crippen LogP contribution in [-0.4, -0.2) is 29.1 Å². The molecule has 9 heteroatoms. The highest BCUT2D eigenvalue weighted by molar-refractivity contribution is 7.89. The lowest BCUT2D eigenvalue weighted by atomic mass is 10.2. The van der Waals surface area contributed by atoms with E-state index in [4.69, 9.17) is 16.3 Å². The lowest BCUT2D eigenvalue weighted by Gasteiger charge is -2.08. The van der Waals surface area contributed by atoms with Crippen molar-refractivity contribution in [2.24, 2.45) is 0 Å². The minimum atomic E-state index is -3.49. The van der Waals surface area contributed by atoms with Gasteiger partial charge >= 0.3 is 0 Å². The maximum absolute atomic E-state index is 12.4. The van der Waals surface area contributed by atoms with Gasteiger partial charge in [-0.25, -0.2) is 22.6 Å². The van der Waals surface area contributed by atoms with Gasteiger partial charge in [-0.3, -0.25) is 0 Å². The quantitative estimate of drug-likeness (QED) is 0.455. The molecular weight excluding hydrogens is 436 g/mol. The first-order valence-corrected chi connectivity index (χ1v) is 11.7. The Kier molecular flexibility index (Phi) is 5.13. The number of ether oxygens (including phenoxy) is 1. The monoisotopic (exact) mass is 454 g/mol. The number of hydrogen-bond donors (Lipinski definition) is 1. The van der Waals surface area contributed by atoms with Crippen LogP contribution < -0.4 is 9.46 Å². The highest BCUT2D eigenvalue weighted by Gasteiger charge is 2.27. The van der Waals surface area contributed by atoms with Crippen LogP contribution >= 0.6 is 11.6 Å². The van der Waals surface area contributed by atoms with E-state index in [1.807, 2.05) is 30.3 Å². The molecule has 31 heavy (non-hydrogen) atoms. The number of halogens is 1. The van der Waals surface area contributed by atoms with Crippen LogP contribution in [0.2, 0.25) is 5.02 Å². The standard InChI is InChI=1S/C22H19ClN4O3S/c23-17-3-1-2-15(12-17)14-30-22-11-10-21-24-13-20(27(21)25-22)16-4-8-19(9-5-16)31(28,29)26-18-6-7-18/h1-5,8-13,18,26H,6-7,14H2. The lowest BCUT2D eigenvalue weighted by Crippen LogP contribution is -2.25. The van der Waals surface area contributed by atoms with E-state index in [1.54, 1.807) is 41.0 Å². The molecule has 2 aromatic heterocycles. The Morgan fingerprint density at radius 3 is 2.65 bits per heavy atom. The zero-order chi connectivity index (χ0) is 21.4. The molecule has 1 aliphatic rings. The topological polar surface area (TPSA) is 85.6 Å². The molecule has 7 nitrogen and oxygen atoms in total. The highest BCUT2D eigenvalue weighted by atomic mass is 35.5. The van der Waals surface area contributed by atoms with Crippen LogP contribution in [0, 0.1) is 0 Å². The number of imidazole rings is 1. The van der Waals surface area contributed by atoms with Gasteiger partial charge in [-0.05, 0) is 48.7 Å². The molecule has 0 spiro atoms. The van der Waals surface area contributed by atoms with Gasteiger partial charge in [-0.15, -0.1) is 5.10 Å². The third-order valence-corrected chi connectivity index (χ3v) is 6.74. The summed E-state index contributed by atoms with van der Waals surface area (Å²) < 4.78 is 34.9. The molecule has 0 amide bonds. The smallest absolute Gasteiger partial charge is 0.240 e. The van der Waals surface area contributed by atoms with Crippen molar-refractivity contribution >= 4 is 27.3 Å². The van der Waals surface area contributed by atoms with Crippen LogP contribution in [0.1, 0.15) is 18.4 Å². The second kappa shape index (κ2) is 7.96. The van der Waals surface area contributed by atoms with E-state index in [2.05, 4.69) is 14.8 Å². The van der Waals surface area contributed by atoms with Crippen molar-refractivity contribution < 1.29 is 13.2 Å². The molecule has 1 N–H and O–H groups in total. The summed E-state index contributed by atoms with van der Waals surface area (Å²) in [5.74, 6) is 0.444.